The first-order chi connectivity index (χ1) is 8.22. The molecule has 2 aliphatic rings. The van der Waals surface area contributed by atoms with Crippen molar-refractivity contribution in [2.75, 3.05) is 26.3 Å². The molecule has 5 heteroatoms. The van der Waals surface area contributed by atoms with Crippen LogP contribution in [0.2, 0.25) is 0 Å². The highest BCUT2D eigenvalue weighted by atomic mass is 16.5. The standard InChI is InChI=1S/C12H20N2O3/c1-2-3-10-12(16)13-6-11(15)14(10)7-9-4-5-17-8-9/h9-10H,2-8H2,1H3,(H,13,16). The smallest absolute Gasteiger partial charge is 0.243 e. The van der Waals surface area contributed by atoms with E-state index in [2.05, 4.69) is 5.32 Å². The number of nitrogens with zero attached hydrogens (tertiary/aromatic N) is 1. The third-order valence-corrected chi connectivity index (χ3v) is 3.45. The van der Waals surface area contributed by atoms with Gasteiger partial charge in [0.25, 0.3) is 0 Å². The van der Waals surface area contributed by atoms with Crippen LogP contribution in [-0.4, -0.2) is 49.1 Å². The second-order valence-corrected chi connectivity index (χ2v) is 4.80. The van der Waals surface area contributed by atoms with Gasteiger partial charge >= 0.3 is 0 Å². The number of piperazine rings is 1. The molecule has 2 amide bonds. The van der Waals surface area contributed by atoms with Crippen LogP contribution in [-0.2, 0) is 14.3 Å². The fraction of sp³-hybridized carbons (Fsp3) is 0.833. The molecule has 0 bridgehead atoms. The van der Waals surface area contributed by atoms with Gasteiger partial charge in [-0.3, -0.25) is 9.59 Å². The molecule has 2 fully saturated rings. The number of carbonyl (C=O) groups excluding carboxylic acids is 2. The van der Waals surface area contributed by atoms with E-state index in [9.17, 15) is 9.59 Å². The number of amides is 2. The summed E-state index contributed by atoms with van der Waals surface area (Å²) in [5.41, 5.74) is 0. The normalized spacial score (nSPS) is 29.6. The van der Waals surface area contributed by atoms with Crippen LogP contribution in [0.15, 0.2) is 0 Å². The van der Waals surface area contributed by atoms with Crippen molar-refractivity contribution in [3.8, 4) is 0 Å². The van der Waals surface area contributed by atoms with E-state index in [1.54, 1.807) is 4.90 Å². The Kier molecular flexibility index (Phi) is 3.99. The molecule has 2 atom stereocenters. The zero-order valence-electron chi connectivity index (χ0n) is 10.3. The Morgan fingerprint density at radius 2 is 2.29 bits per heavy atom. The van der Waals surface area contributed by atoms with Crippen molar-refractivity contribution >= 4 is 11.8 Å². The maximum atomic E-state index is 11.9. The lowest BCUT2D eigenvalue weighted by molar-refractivity contribution is -0.146. The van der Waals surface area contributed by atoms with Gasteiger partial charge in [-0.15, -0.1) is 0 Å². The summed E-state index contributed by atoms with van der Waals surface area (Å²) in [6, 6.07) is -0.276. The highest BCUT2D eigenvalue weighted by molar-refractivity contribution is 5.94. The lowest BCUT2D eigenvalue weighted by Gasteiger charge is -2.36. The van der Waals surface area contributed by atoms with Gasteiger partial charge in [0.05, 0.1) is 13.2 Å². The molecule has 0 radical (unpaired) electrons. The molecule has 0 aliphatic carbocycles. The van der Waals surface area contributed by atoms with Crippen LogP contribution in [0.4, 0.5) is 0 Å². The van der Waals surface area contributed by atoms with E-state index in [0.717, 1.165) is 25.9 Å². The van der Waals surface area contributed by atoms with Crippen molar-refractivity contribution in [1.29, 1.82) is 0 Å². The summed E-state index contributed by atoms with van der Waals surface area (Å²) in [5.74, 6) is 0.421. The Bertz CT molecular complexity index is 300. The summed E-state index contributed by atoms with van der Waals surface area (Å²) < 4.78 is 5.32. The molecule has 1 N–H and O–H groups in total. The molecule has 5 nitrogen and oxygen atoms in total. The van der Waals surface area contributed by atoms with Crippen LogP contribution < -0.4 is 5.32 Å². The van der Waals surface area contributed by atoms with E-state index >= 15 is 0 Å². The summed E-state index contributed by atoms with van der Waals surface area (Å²) in [7, 11) is 0. The Labute approximate surface area is 101 Å². The summed E-state index contributed by atoms with van der Waals surface area (Å²) >= 11 is 0. The van der Waals surface area contributed by atoms with Crippen LogP contribution in [0.25, 0.3) is 0 Å². The molecule has 0 aromatic carbocycles. The molecule has 0 saturated carbocycles. The van der Waals surface area contributed by atoms with Crippen molar-refractivity contribution in [3.05, 3.63) is 0 Å². The molecule has 0 aromatic heterocycles. The molecule has 2 heterocycles. The summed E-state index contributed by atoms with van der Waals surface area (Å²) in [5, 5.41) is 2.66. The first-order valence-corrected chi connectivity index (χ1v) is 6.37. The fourth-order valence-electron chi connectivity index (χ4n) is 2.49. The van der Waals surface area contributed by atoms with Gasteiger partial charge in [0, 0.05) is 19.1 Å². The maximum absolute atomic E-state index is 11.9. The van der Waals surface area contributed by atoms with E-state index in [4.69, 9.17) is 4.74 Å². The van der Waals surface area contributed by atoms with E-state index in [1.807, 2.05) is 6.92 Å². The molecular formula is C12H20N2O3. The molecular weight excluding hydrogens is 220 g/mol. The van der Waals surface area contributed by atoms with Crippen molar-refractivity contribution < 1.29 is 14.3 Å². The Morgan fingerprint density at radius 1 is 1.47 bits per heavy atom. The van der Waals surface area contributed by atoms with E-state index < -0.39 is 0 Å². The lowest BCUT2D eigenvalue weighted by Crippen LogP contribution is -2.59. The number of rotatable bonds is 4. The monoisotopic (exact) mass is 240 g/mol. The number of hydrogen-bond donors (Lipinski definition) is 1. The Morgan fingerprint density at radius 3 is 2.94 bits per heavy atom. The minimum Gasteiger partial charge on any atom is -0.381 e. The average Bonchev–Trinajstić information content (AvgIpc) is 2.81. The zero-order chi connectivity index (χ0) is 12.3. The average molecular weight is 240 g/mol. The van der Waals surface area contributed by atoms with Crippen molar-refractivity contribution in [2.24, 2.45) is 5.92 Å². The largest absolute Gasteiger partial charge is 0.381 e. The van der Waals surface area contributed by atoms with Crippen LogP contribution in [0.5, 0.6) is 0 Å². The van der Waals surface area contributed by atoms with Gasteiger partial charge in [-0.25, -0.2) is 0 Å². The highest BCUT2D eigenvalue weighted by Crippen LogP contribution is 2.19. The van der Waals surface area contributed by atoms with E-state index in [0.29, 0.717) is 19.1 Å². The summed E-state index contributed by atoms with van der Waals surface area (Å²) in [4.78, 5) is 25.4. The minimum absolute atomic E-state index is 0.00892. The van der Waals surface area contributed by atoms with Crippen LogP contribution in [0.3, 0.4) is 0 Å². The van der Waals surface area contributed by atoms with Crippen molar-refractivity contribution in [3.63, 3.8) is 0 Å². The van der Waals surface area contributed by atoms with Gasteiger partial charge in [-0.05, 0) is 12.8 Å². The maximum Gasteiger partial charge on any atom is 0.243 e. The van der Waals surface area contributed by atoms with Crippen molar-refractivity contribution in [2.45, 2.75) is 32.2 Å². The lowest BCUT2D eigenvalue weighted by atomic mass is 10.0. The fourth-order valence-corrected chi connectivity index (χ4v) is 2.49. The summed E-state index contributed by atoms with van der Waals surface area (Å²) in [6.07, 6.45) is 2.64. The first-order valence-electron chi connectivity index (χ1n) is 6.37. The second-order valence-electron chi connectivity index (χ2n) is 4.80. The topological polar surface area (TPSA) is 58.6 Å². The third kappa shape index (κ3) is 2.77. The van der Waals surface area contributed by atoms with Gasteiger partial charge in [0.15, 0.2) is 0 Å². The molecule has 17 heavy (non-hydrogen) atoms. The second kappa shape index (κ2) is 5.49. The molecule has 2 rings (SSSR count). The summed E-state index contributed by atoms with van der Waals surface area (Å²) in [6.45, 7) is 4.33. The highest BCUT2D eigenvalue weighted by Gasteiger charge is 2.35. The predicted octanol–water partition coefficient (Wildman–Crippen LogP) is 0.150. The third-order valence-electron chi connectivity index (χ3n) is 3.45. The molecule has 0 aromatic rings. The SMILES string of the molecule is CCCC1C(=O)NCC(=O)N1CC1CCOC1. The van der Waals surface area contributed by atoms with Gasteiger partial charge in [-0.2, -0.15) is 0 Å². The zero-order valence-corrected chi connectivity index (χ0v) is 10.3. The van der Waals surface area contributed by atoms with Crippen molar-refractivity contribution in [1.82, 2.24) is 10.2 Å². The van der Waals surface area contributed by atoms with Crippen LogP contribution >= 0.6 is 0 Å². The molecule has 2 saturated heterocycles. The molecule has 2 unspecified atom stereocenters. The molecule has 96 valence electrons. The molecule has 2 aliphatic heterocycles. The van der Waals surface area contributed by atoms with Gasteiger partial charge in [0.1, 0.15) is 6.04 Å². The number of ether oxygens (including phenoxy) is 1. The number of hydrogen-bond acceptors (Lipinski definition) is 3. The predicted molar refractivity (Wildman–Crippen MR) is 62.3 cm³/mol. The van der Waals surface area contributed by atoms with E-state index in [1.165, 1.54) is 0 Å². The number of carbonyl (C=O) groups is 2. The van der Waals surface area contributed by atoms with E-state index in [-0.39, 0.29) is 24.4 Å². The first kappa shape index (κ1) is 12.4. The van der Waals surface area contributed by atoms with Gasteiger partial charge in [-0.1, -0.05) is 13.3 Å². The van der Waals surface area contributed by atoms with Crippen LogP contribution in [0.1, 0.15) is 26.2 Å². The molecule has 0 spiro atoms. The van der Waals surface area contributed by atoms with Gasteiger partial charge in [0.2, 0.25) is 11.8 Å². The Balaban J connectivity index is 2.02. The number of nitrogens with one attached hydrogen (secondary N) is 1. The quantitative estimate of drug-likeness (QED) is 0.761. The van der Waals surface area contributed by atoms with Crippen LogP contribution in [0, 0.1) is 5.92 Å². The minimum atomic E-state index is -0.276. The Hall–Kier alpha value is -1.10. The van der Waals surface area contributed by atoms with Gasteiger partial charge < -0.3 is 15.0 Å².